The third-order valence-corrected chi connectivity index (χ3v) is 3.19. The number of thiocarbonyl (C=S) groups is 1. The fraction of sp³-hybridized carbons (Fsp3) is 0.143. The van der Waals surface area contributed by atoms with Crippen LogP contribution in [0.5, 0.6) is 0 Å². The first kappa shape index (κ1) is 13.8. The Bertz CT molecular complexity index is 601. The van der Waals surface area contributed by atoms with Crippen LogP contribution >= 0.6 is 23.8 Å². The van der Waals surface area contributed by atoms with E-state index in [1.807, 2.05) is 43.3 Å². The number of aromatic nitrogens is 1. The van der Waals surface area contributed by atoms with Gasteiger partial charge < -0.3 is 11.1 Å². The van der Waals surface area contributed by atoms with E-state index in [4.69, 9.17) is 29.6 Å². The SMILES string of the molecule is CC(Nc1cccnc1C(N)=S)c1cccc(Cl)c1. The Labute approximate surface area is 122 Å². The quantitative estimate of drug-likeness (QED) is 0.846. The lowest BCUT2D eigenvalue weighted by Gasteiger charge is -2.17. The van der Waals surface area contributed by atoms with Gasteiger partial charge in [0.1, 0.15) is 10.7 Å². The fourth-order valence-electron chi connectivity index (χ4n) is 1.81. The number of halogens is 1. The van der Waals surface area contributed by atoms with Gasteiger partial charge in [-0.25, -0.2) is 0 Å². The maximum Gasteiger partial charge on any atom is 0.124 e. The van der Waals surface area contributed by atoms with Crippen molar-refractivity contribution in [3.05, 3.63) is 58.9 Å². The molecule has 0 bridgehead atoms. The lowest BCUT2D eigenvalue weighted by molar-refractivity contribution is 0.882. The zero-order chi connectivity index (χ0) is 13.8. The zero-order valence-corrected chi connectivity index (χ0v) is 12.0. The Hall–Kier alpha value is -1.65. The molecule has 0 amide bonds. The van der Waals surface area contributed by atoms with Crippen molar-refractivity contribution in [2.24, 2.45) is 5.73 Å². The van der Waals surface area contributed by atoms with E-state index in [-0.39, 0.29) is 11.0 Å². The summed E-state index contributed by atoms with van der Waals surface area (Å²) < 4.78 is 0. The van der Waals surface area contributed by atoms with E-state index in [1.165, 1.54) is 0 Å². The molecule has 1 unspecified atom stereocenters. The van der Waals surface area contributed by atoms with Gasteiger partial charge in [0, 0.05) is 17.3 Å². The maximum absolute atomic E-state index is 5.99. The molecule has 98 valence electrons. The van der Waals surface area contributed by atoms with Gasteiger partial charge >= 0.3 is 0 Å². The number of pyridine rings is 1. The molecular weight excluding hydrogens is 278 g/mol. The number of nitrogens with zero attached hydrogens (tertiary/aromatic N) is 1. The Kier molecular flexibility index (Phi) is 4.35. The molecule has 0 aliphatic carbocycles. The van der Waals surface area contributed by atoms with Crippen LogP contribution in [-0.2, 0) is 0 Å². The molecule has 0 aliphatic heterocycles. The van der Waals surface area contributed by atoms with Crippen LogP contribution in [0, 0.1) is 0 Å². The van der Waals surface area contributed by atoms with Crippen LogP contribution < -0.4 is 11.1 Å². The number of hydrogen-bond acceptors (Lipinski definition) is 3. The lowest BCUT2D eigenvalue weighted by atomic mass is 10.1. The number of nitrogens with one attached hydrogen (secondary N) is 1. The van der Waals surface area contributed by atoms with Crippen molar-refractivity contribution in [3.8, 4) is 0 Å². The van der Waals surface area contributed by atoms with E-state index < -0.39 is 0 Å². The van der Waals surface area contributed by atoms with Crippen LogP contribution in [0.1, 0.15) is 24.2 Å². The largest absolute Gasteiger partial charge is 0.388 e. The summed E-state index contributed by atoms with van der Waals surface area (Å²) in [6.45, 7) is 2.04. The predicted molar refractivity (Wildman–Crippen MR) is 83.6 cm³/mol. The van der Waals surface area contributed by atoms with Crippen molar-refractivity contribution < 1.29 is 0 Å². The third-order valence-electron chi connectivity index (χ3n) is 2.76. The van der Waals surface area contributed by atoms with Crippen LogP contribution in [-0.4, -0.2) is 9.97 Å². The molecule has 1 heterocycles. The molecule has 0 aliphatic rings. The van der Waals surface area contributed by atoms with Crippen LogP contribution in [0.15, 0.2) is 42.6 Å². The summed E-state index contributed by atoms with van der Waals surface area (Å²) in [5.74, 6) is 0. The van der Waals surface area contributed by atoms with Crippen molar-refractivity contribution in [1.82, 2.24) is 4.98 Å². The van der Waals surface area contributed by atoms with Crippen LogP contribution in [0.3, 0.4) is 0 Å². The summed E-state index contributed by atoms with van der Waals surface area (Å²) in [4.78, 5) is 4.47. The van der Waals surface area contributed by atoms with Crippen LogP contribution in [0.2, 0.25) is 5.02 Å². The Morgan fingerprint density at radius 2 is 2.16 bits per heavy atom. The molecule has 19 heavy (non-hydrogen) atoms. The van der Waals surface area contributed by atoms with Crippen LogP contribution in [0.25, 0.3) is 0 Å². The number of benzene rings is 1. The molecule has 3 nitrogen and oxygen atoms in total. The zero-order valence-electron chi connectivity index (χ0n) is 10.4. The predicted octanol–water partition coefficient (Wildman–Crippen LogP) is 3.54. The summed E-state index contributed by atoms with van der Waals surface area (Å²) >= 11 is 11.0. The normalized spacial score (nSPS) is 11.9. The molecular formula is C14H14ClN3S. The van der Waals surface area contributed by atoms with Gasteiger partial charge in [0.15, 0.2) is 0 Å². The number of nitrogens with two attached hydrogens (primary N) is 1. The fourth-order valence-corrected chi connectivity index (χ4v) is 2.17. The van der Waals surface area contributed by atoms with Gasteiger partial charge in [-0.2, -0.15) is 0 Å². The van der Waals surface area contributed by atoms with Gasteiger partial charge in [-0.05, 0) is 36.8 Å². The summed E-state index contributed by atoms with van der Waals surface area (Å²) in [6, 6.07) is 11.5. The molecule has 1 aromatic heterocycles. The Morgan fingerprint density at radius 1 is 1.37 bits per heavy atom. The highest BCUT2D eigenvalue weighted by atomic mass is 35.5. The smallest absolute Gasteiger partial charge is 0.124 e. The topological polar surface area (TPSA) is 50.9 Å². The first-order valence-corrected chi connectivity index (χ1v) is 6.63. The van der Waals surface area contributed by atoms with Gasteiger partial charge in [0.2, 0.25) is 0 Å². The minimum absolute atomic E-state index is 0.0796. The summed E-state index contributed by atoms with van der Waals surface area (Å²) in [6.07, 6.45) is 1.67. The second-order valence-corrected chi connectivity index (χ2v) is 5.06. The highest BCUT2D eigenvalue weighted by Crippen LogP contribution is 2.23. The molecule has 2 aromatic rings. The summed E-state index contributed by atoms with van der Waals surface area (Å²) in [7, 11) is 0. The summed E-state index contributed by atoms with van der Waals surface area (Å²) in [5, 5.41) is 4.06. The van der Waals surface area contributed by atoms with Crippen molar-refractivity contribution in [3.63, 3.8) is 0 Å². The molecule has 0 saturated heterocycles. The number of rotatable bonds is 4. The van der Waals surface area contributed by atoms with Gasteiger partial charge in [-0.15, -0.1) is 0 Å². The standard InChI is InChI=1S/C14H14ClN3S/c1-9(10-4-2-5-11(15)8-10)18-12-6-3-7-17-13(12)14(16)19/h2-9,18H,1H3,(H2,16,19). The molecule has 1 aromatic carbocycles. The van der Waals surface area contributed by atoms with Gasteiger partial charge in [0.05, 0.1) is 5.69 Å². The van der Waals surface area contributed by atoms with E-state index in [2.05, 4.69) is 10.3 Å². The van der Waals surface area contributed by atoms with E-state index >= 15 is 0 Å². The molecule has 5 heteroatoms. The molecule has 3 N–H and O–H groups in total. The number of anilines is 1. The lowest BCUT2D eigenvalue weighted by Crippen LogP contribution is -2.16. The monoisotopic (exact) mass is 291 g/mol. The second kappa shape index (κ2) is 5.99. The Morgan fingerprint density at radius 3 is 2.84 bits per heavy atom. The number of hydrogen-bond donors (Lipinski definition) is 2. The Balaban J connectivity index is 2.24. The molecule has 1 atom stereocenters. The molecule has 2 rings (SSSR count). The highest BCUT2D eigenvalue weighted by molar-refractivity contribution is 7.80. The van der Waals surface area contributed by atoms with E-state index in [9.17, 15) is 0 Å². The van der Waals surface area contributed by atoms with Crippen molar-refractivity contribution >= 4 is 34.5 Å². The minimum atomic E-state index is 0.0796. The molecule has 0 saturated carbocycles. The van der Waals surface area contributed by atoms with Crippen molar-refractivity contribution in [2.45, 2.75) is 13.0 Å². The maximum atomic E-state index is 5.99. The van der Waals surface area contributed by atoms with Gasteiger partial charge in [-0.3, -0.25) is 4.98 Å². The first-order chi connectivity index (χ1) is 9.08. The van der Waals surface area contributed by atoms with Crippen LogP contribution in [0.4, 0.5) is 5.69 Å². The molecule has 0 spiro atoms. The van der Waals surface area contributed by atoms with E-state index in [1.54, 1.807) is 6.20 Å². The average Bonchev–Trinajstić information content (AvgIpc) is 2.39. The van der Waals surface area contributed by atoms with E-state index in [0.29, 0.717) is 10.7 Å². The average molecular weight is 292 g/mol. The van der Waals surface area contributed by atoms with Gasteiger partial charge in [-0.1, -0.05) is 36.0 Å². The first-order valence-electron chi connectivity index (χ1n) is 5.84. The molecule has 0 radical (unpaired) electrons. The second-order valence-electron chi connectivity index (χ2n) is 4.18. The van der Waals surface area contributed by atoms with Crippen molar-refractivity contribution in [1.29, 1.82) is 0 Å². The van der Waals surface area contributed by atoms with E-state index in [0.717, 1.165) is 11.3 Å². The van der Waals surface area contributed by atoms with Gasteiger partial charge in [0.25, 0.3) is 0 Å². The minimum Gasteiger partial charge on any atom is -0.388 e. The molecule has 0 fully saturated rings. The third kappa shape index (κ3) is 3.43. The highest BCUT2D eigenvalue weighted by Gasteiger charge is 2.10. The van der Waals surface area contributed by atoms with Crippen molar-refractivity contribution in [2.75, 3.05) is 5.32 Å². The summed E-state index contributed by atoms with van der Waals surface area (Å²) in [5.41, 5.74) is 8.17.